The van der Waals surface area contributed by atoms with Crippen molar-refractivity contribution in [1.29, 1.82) is 0 Å². The van der Waals surface area contributed by atoms with Crippen molar-refractivity contribution in [3.8, 4) is 5.75 Å². The van der Waals surface area contributed by atoms with Crippen LogP contribution in [-0.2, 0) is 0 Å². The number of aryl methyl sites for hydroxylation is 1. The fraction of sp³-hybridized carbons (Fsp3) is 0.200. The van der Waals surface area contributed by atoms with Crippen LogP contribution in [0, 0.1) is 6.92 Å². The van der Waals surface area contributed by atoms with Crippen LogP contribution in [0.3, 0.4) is 0 Å². The lowest BCUT2D eigenvalue weighted by molar-refractivity contribution is 0.412. The molecular weight excluding hydrogens is 391 g/mol. The molecule has 1 nitrogen and oxygen atoms in total. The van der Waals surface area contributed by atoms with Crippen LogP contribution in [0.25, 0.3) is 0 Å². The lowest BCUT2D eigenvalue weighted by atomic mass is 10.0. The van der Waals surface area contributed by atoms with Crippen molar-refractivity contribution in [3.63, 3.8) is 0 Å². The third kappa shape index (κ3) is 3.53. The van der Waals surface area contributed by atoms with Crippen LogP contribution in [0.4, 0.5) is 0 Å². The summed E-state index contributed by atoms with van der Waals surface area (Å²) in [4.78, 5) is 0.104. The molecule has 2 aromatic rings. The van der Waals surface area contributed by atoms with Crippen LogP contribution >= 0.6 is 43.5 Å². The highest BCUT2D eigenvalue weighted by Gasteiger charge is 2.13. The van der Waals surface area contributed by atoms with Crippen LogP contribution in [0.15, 0.2) is 40.9 Å². The van der Waals surface area contributed by atoms with E-state index in [2.05, 4.69) is 44.0 Å². The molecule has 2 rings (SSSR count). The van der Waals surface area contributed by atoms with E-state index in [0.29, 0.717) is 0 Å². The van der Waals surface area contributed by atoms with Crippen molar-refractivity contribution in [2.75, 3.05) is 7.11 Å². The van der Waals surface area contributed by atoms with Gasteiger partial charge in [0.2, 0.25) is 0 Å². The molecule has 1 atom stereocenters. The third-order valence-electron chi connectivity index (χ3n) is 2.83. The molecule has 0 saturated heterocycles. The highest BCUT2D eigenvalue weighted by atomic mass is 79.9. The maximum absolute atomic E-state index is 6.11. The van der Waals surface area contributed by atoms with Gasteiger partial charge < -0.3 is 4.74 Å². The van der Waals surface area contributed by atoms with Crippen LogP contribution in [-0.4, -0.2) is 7.11 Å². The Labute approximate surface area is 135 Å². The smallest absolute Gasteiger partial charge is 0.133 e. The van der Waals surface area contributed by atoms with Crippen molar-refractivity contribution in [1.82, 2.24) is 0 Å². The fourth-order valence-corrected chi connectivity index (χ4v) is 3.35. The number of rotatable bonds is 3. The number of benzene rings is 2. The predicted molar refractivity (Wildman–Crippen MR) is 87.7 cm³/mol. The molecule has 2 aromatic carbocycles. The van der Waals surface area contributed by atoms with E-state index in [1.807, 2.05) is 31.2 Å². The summed E-state index contributed by atoms with van der Waals surface area (Å²) < 4.78 is 6.18. The van der Waals surface area contributed by atoms with Gasteiger partial charge in [-0.25, -0.2) is 0 Å². The lowest BCUT2D eigenvalue weighted by Gasteiger charge is -2.14. The molecule has 4 heteroatoms. The van der Waals surface area contributed by atoms with Crippen LogP contribution in [0.5, 0.6) is 5.75 Å². The Balaban J connectivity index is 2.38. The van der Waals surface area contributed by atoms with Gasteiger partial charge in [0.05, 0.1) is 16.4 Å². The molecule has 0 aliphatic heterocycles. The molecule has 0 fully saturated rings. The third-order valence-corrected chi connectivity index (χ3v) is 4.72. The SMILES string of the molecule is COc1ccc(C(Br)c2cc(C)cc(Cl)c2)cc1Br. The van der Waals surface area contributed by atoms with E-state index < -0.39 is 0 Å². The average molecular weight is 405 g/mol. The summed E-state index contributed by atoms with van der Waals surface area (Å²) in [5.41, 5.74) is 3.44. The summed E-state index contributed by atoms with van der Waals surface area (Å²) >= 11 is 13.3. The minimum Gasteiger partial charge on any atom is -0.496 e. The second-order valence-corrected chi connectivity index (χ2v) is 6.52. The fourth-order valence-electron chi connectivity index (χ4n) is 1.94. The summed E-state index contributed by atoms with van der Waals surface area (Å²) in [6, 6.07) is 12.1. The summed E-state index contributed by atoms with van der Waals surface area (Å²) in [6.45, 7) is 2.04. The van der Waals surface area contributed by atoms with E-state index >= 15 is 0 Å². The van der Waals surface area contributed by atoms with Gasteiger partial charge in [-0.05, 0) is 63.8 Å². The normalized spacial score (nSPS) is 12.3. The van der Waals surface area contributed by atoms with E-state index in [-0.39, 0.29) is 4.83 Å². The Morgan fingerprint density at radius 2 is 1.84 bits per heavy atom. The van der Waals surface area contributed by atoms with E-state index in [9.17, 15) is 0 Å². The van der Waals surface area contributed by atoms with Gasteiger partial charge in [-0.15, -0.1) is 0 Å². The Hall–Kier alpha value is -0.510. The molecule has 19 heavy (non-hydrogen) atoms. The van der Waals surface area contributed by atoms with Gasteiger partial charge in [-0.1, -0.05) is 39.7 Å². The van der Waals surface area contributed by atoms with Crippen molar-refractivity contribution < 1.29 is 4.74 Å². The highest BCUT2D eigenvalue weighted by molar-refractivity contribution is 9.10. The Morgan fingerprint density at radius 3 is 2.42 bits per heavy atom. The molecular formula is C15H13Br2ClO. The molecule has 0 aliphatic carbocycles. The van der Waals surface area contributed by atoms with E-state index in [1.54, 1.807) is 7.11 Å². The maximum atomic E-state index is 6.11. The number of hydrogen-bond acceptors (Lipinski definition) is 1. The minimum atomic E-state index is 0.104. The topological polar surface area (TPSA) is 9.23 Å². The first kappa shape index (κ1) is 14.9. The number of ether oxygens (including phenoxy) is 1. The Kier molecular flexibility index (Phi) is 4.93. The molecule has 0 aromatic heterocycles. The Morgan fingerprint density at radius 1 is 1.11 bits per heavy atom. The molecule has 0 saturated carbocycles. The summed E-state index contributed by atoms with van der Waals surface area (Å²) in [5, 5.41) is 0.757. The standard InChI is InChI=1S/C15H13Br2ClO/c1-9-5-11(7-12(18)6-9)15(17)10-3-4-14(19-2)13(16)8-10/h3-8,15H,1-2H3. The number of halogens is 3. The van der Waals surface area contributed by atoms with Gasteiger partial charge in [0.1, 0.15) is 5.75 Å². The first-order chi connectivity index (χ1) is 9.01. The first-order valence-corrected chi connectivity index (χ1v) is 7.84. The Bertz CT molecular complexity index is 578. The average Bonchev–Trinajstić information content (AvgIpc) is 2.36. The van der Waals surface area contributed by atoms with Crippen molar-refractivity contribution in [2.24, 2.45) is 0 Å². The summed E-state index contributed by atoms with van der Waals surface area (Å²) in [6.07, 6.45) is 0. The second kappa shape index (κ2) is 6.29. The quantitative estimate of drug-likeness (QED) is 0.579. The molecule has 100 valence electrons. The highest BCUT2D eigenvalue weighted by Crippen LogP contribution is 2.36. The molecule has 0 amide bonds. The van der Waals surface area contributed by atoms with Gasteiger partial charge in [0, 0.05) is 5.02 Å². The van der Waals surface area contributed by atoms with E-state index in [0.717, 1.165) is 31.9 Å². The summed E-state index contributed by atoms with van der Waals surface area (Å²) in [5.74, 6) is 0.825. The van der Waals surface area contributed by atoms with E-state index in [1.165, 1.54) is 0 Å². The van der Waals surface area contributed by atoms with Crippen LogP contribution in [0.2, 0.25) is 5.02 Å². The molecule has 0 radical (unpaired) electrons. The van der Waals surface area contributed by atoms with Crippen molar-refractivity contribution >= 4 is 43.5 Å². The zero-order valence-corrected chi connectivity index (χ0v) is 14.5. The van der Waals surface area contributed by atoms with Gasteiger partial charge >= 0.3 is 0 Å². The van der Waals surface area contributed by atoms with Crippen molar-refractivity contribution in [2.45, 2.75) is 11.8 Å². The second-order valence-electron chi connectivity index (χ2n) is 4.32. The molecule has 0 spiro atoms. The largest absolute Gasteiger partial charge is 0.496 e. The zero-order chi connectivity index (χ0) is 14.0. The predicted octanol–water partition coefficient (Wildman–Crippen LogP) is 5.90. The molecule has 1 unspecified atom stereocenters. The monoisotopic (exact) mass is 402 g/mol. The first-order valence-electron chi connectivity index (χ1n) is 5.76. The van der Waals surface area contributed by atoms with Gasteiger partial charge in [-0.2, -0.15) is 0 Å². The number of methoxy groups -OCH3 is 1. The number of hydrogen-bond donors (Lipinski definition) is 0. The van der Waals surface area contributed by atoms with E-state index in [4.69, 9.17) is 16.3 Å². The van der Waals surface area contributed by atoms with Crippen LogP contribution in [0.1, 0.15) is 21.5 Å². The van der Waals surface area contributed by atoms with Gasteiger partial charge in [-0.3, -0.25) is 0 Å². The maximum Gasteiger partial charge on any atom is 0.133 e. The molecule has 0 aliphatic rings. The van der Waals surface area contributed by atoms with Gasteiger partial charge in [0.25, 0.3) is 0 Å². The minimum absolute atomic E-state index is 0.104. The summed E-state index contributed by atoms with van der Waals surface area (Å²) in [7, 11) is 1.66. The van der Waals surface area contributed by atoms with Gasteiger partial charge in [0.15, 0.2) is 0 Å². The zero-order valence-electron chi connectivity index (χ0n) is 10.6. The van der Waals surface area contributed by atoms with Crippen LogP contribution < -0.4 is 4.74 Å². The molecule has 0 heterocycles. The molecule has 0 bridgehead atoms. The molecule has 0 N–H and O–H groups in total. The lowest BCUT2D eigenvalue weighted by Crippen LogP contribution is -1.95. The number of alkyl halides is 1. The van der Waals surface area contributed by atoms with Crippen molar-refractivity contribution in [3.05, 3.63) is 62.6 Å².